The number of esters is 1. The van der Waals surface area contributed by atoms with E-state index in [1.165, 1.54) is 57.8 Å². The number of rotatable bonds is 16. The zero-order valence-corrected chi connectivity index (χ0v) is 17.9. The van der Waals surface area contributed by atoms with Gasteiger partial charge in [-0.2, -0.15) is 0 Å². The summed E-state index contributed by atoms with van der Waals surface area (Å²) in [7, 11) is 0. The Labute approximate surface area is 176 Å². The van der Waals surface area contributed by atoms with E-state index in [-0.39, 0.29) is 13.0 Å². The van der Waals surface area contributed by atoms with Crippen molar-refractivity contribution in [1.82, 2.24) is 0 Å². The molecule has 4 N–H and O–H groups in total. The molecule has 1 fully saturated rings. The normalized spacial score (nSPS) is 28.7. The van der Waals surface area contributed by atoms with Gasteiger partial charge in [0.05, 0.1) is 0 Å². The van der Waals surface area contributed by atoms with E-state index in [2.05, 4.69) is 6.92 Å². The van der Waals surface area contributed by atoms with Crippen LogP contribution in [0.5, 0.6) is 0 Å². The average molecular weight is 420 g/mol. The molecule has 172 valence electrons. The van der Waals surface area contributed by atoms with Crippen LogP contribution in [0.25, 0.3) is 0 Å². The summed E-state index contributed by atoms with van der Waals surface area (Å²) in [5.74, 6) is -0.580. The van der Waals surface area contributed by atoms with Crippen molar-refractivity contribution in [2.45, 2.75) is 127 Å². The lowest BCUT2D eigenvalue weighted by Crippen LogP contribution is -2.58. The molecular formula is C22H42O7. The molecule has 29 heavy (non-hydrogen) atoms. The van der Waals surface area contributed by atoms with Gasteiger partial charge in [0, 0.05) is 7.79 Å². The molecule has 0 saturated carbocycles. The second-order valence-electron chi connectivity index (χ2n) is 8.04. The number of aliphatic hydroxyl groups excluding tert-OH is 4. The molecule has 6 atom stereocenters. The second kappa shape index (κ2) is 16.0. The highest BCUT2D eigenvalue weighted by Crippen LogP contribution is 2.20. The highest BCUT2D eigenvalue weighted by molar-refractivity contribution is 5.69. The Morgan fingerprint density at radius 3 is 1.90 bits per heavy atom. The van der Waals surface area contributed by atoms with Gasteiger partial charge in [-0.25, -0.2) is 0 Å². The third-order valence-electron chi connectivity index (χ3n) is 5.42. The van der Waals surface area contributed by atoms with Crippen molar-refractivity contribution in [3.63, 3.8) is 0 Å². The molecular weight excluding hydrogens is 376 g/mol. The monoisotopic (exact) mass is 419 g/mol. The van der Waals surface area contributed by atoms with Crippen molar-refractivity contribution >= 4 is 5.97 Å². The lowest BCUT2D eigenvalue weighted by atomic mass is 9.99. The Bertz CT molecular complexity index is 451. The van der Waals surface area contributed by atoms with Crippen molar-refractivity contribution in [3.05, 3.63) is 0 Å². The summed E-state index contributed by atoms with van der Waals surface area (Å²) in [6, 6.07) is 0. The Morgan fingerprint density at radius 2 is 1.34 bits per heavy atom. The summed E-state index contributed by atoms with van der Waals surface area (Å²) >= 11 is 0. The lowest BCUT2D eigenvalue weighted by Gasteiger charge is -2.37. The molecule has 7 nitrogen and oxygen atoms in total. The molecule has 0 aromatic carbocycles. The first kappa shape index (κ1) is 24.5. The summed E-state index contributed by atoms with van der Waals surface area (Å²) < 4.78 is 18.0. The van der Waals surface area contributed by atoms with Crippen molar-refractivity contribution < 1.29 is 36.1 Å². The molecule has 0 bridgehead atoms. The third-order valence-corrected chi connectivity index (χ3v) is 5.42. The van der Waals surface area contributed by atoms with Gasteiger partial charge >= 0.3 is 5.97 Å². The third kappa shape index (κ3) is 11.3. The highest BCUT2D eigenvalue weighted by Gasteiger charge is 2.43. The molecule has 7 heteroatoms. The summed E-state index contributed by atoms with van der Waals surface area (Å²) in [4.78, 5) is 11.9. The molecule has 1 rings (SSSR count). The van der Waals surface area contributed by atoms with Crippen LogP contribution < -0.4 is 0 Å². The number of ether oxygens (including phenoxy) is 2. The Morgan fingerprint density at radius 1 is 0.828 bits per heavy atom. The molecule has 0 spiro atoms. The molecule has 0 radical (unpaired) electrons. The maximum atomic E-state index is 11.9. The first-order valence-electron chi connectivity index (χ1n) is 11.9. The molecule has 1 heterocycles. The Kier molecular flexibility index (Phi) is 13.6. The molecule has 2 unspecified atom stereocenters. The topological polar surface area (TPSA) is 116 Å². The van der Waals surface area contributed by atoms with Crippen LogP contribution in [0.15, 0.2) is 0 Å². The fraction of sp³-hybridized carbons (Fsp3) is 0.955. The first-order chi connectivity index (χ1) is 14.4. The zero-order chi connectivity index (χ0) is 22.4. The van der Waals surface area contributed by atoms with Gasteiger partial charge in [-0.15, -0.1) is 0 Å². The SMILES string of the molecule is [2H]C(CCCCCCCCCCCCC)CC(=O)OC[C@H]1OC(O)[C@H](O)[C@@H](O)[C@@H]1O. The zero-order valence-electron chi connectivity index (χ0n) is 18.9. The van der Waals surface area contributed by atoms with Crippen molar-refractivity contribution in [2.24, 2.45) is 0 Å². The van der Waals surface area contributed by atoms with Gasteiger partial charge in [0.25, 0.3) is 0 Å². The Hall–Kier alpha value is -0.730. The fourth-order valence-electron chi connectivity index (χ4n) is 3.48. The maximum Gasteiger partial charge on any atom is 0.305 e. The number of unbranched alkanes of at least 4 members (excludes halogenated alkanes) is 10. The van der Waals surface area contributed by atoms with E-state index in [9.17, 15) is 25.2 Å². The molecule has 0 aromatic heterocycles. The number of carbonyl (C=O) groups is 1. The van der Waals surface area contributed by atoms with Crippen LogP contribution >= 0.6 is 0 Å². The minimum atomic E-state index is -1.66. The first-order valence-corrected chi connectivity index (χ1v) is 11.3. The van der Waals surface area contributed by atoms with Gasteiger partial charge in [-0.05, 0) is 6.40 Å². The summed E-state index contributed by atoms with van der Waals surface area (Å²) in [6.07, 6.45) is 6.23. The van der Waals surface area contributed by atoms with E-state index in [4.69, 9.17) is 10.8 Å². The quantitative estimate of drug-likeness (QED) is 0.224. The molecule has 1 saturated heterocycles. The van der Waals surface area contributed by atoms with Crippen molar-refractivity contribution in [1.29, 1.82) is 0 Å². The predicted molar refractivity (Wildman–Crippen MR) is 110 cm³/mol. The minimum absolute atomic E-state index is 0.0473. The van der Waals surface area contributed by atoms with Crippen LogP contribution in [0, 0.1) is 0 Å². The van der Waals surface area contributed by atoms with Crippen LogP contribution in [0.4, 0.5) is 0 Å². The molecule has 0 amide bonds. The number of hydrogen-bond donors (Lipinski definition) is 4. The van der Waals surface area contributed by atoms with E-state index in [1.54, 1.807) is 0 Å². The summed E-state index contributed by atoms with van der Waals surface area (Å²) in [6.45, 7) is 1.87. The van der Waals surface area contributed by atoms with Crippen LogP contribution in [0.3, 0.4) is 0 Å². The van der Waals surface area contributed by atoms with Crippen LogP contribution in [-0.4, -0.2) is 63.7 Å². The van der Waals surface area contributed by atoms with Crippen LogP contribution in [0.2, 0.25) is 0 Å². The number of aliphatic hydroxyl groups is 4. The average Bonchev–Trinajstić information content (AvgIpc) is 2.72. The van der Waals surface area contributed by atoms with Gasteiger partial charge in [-0.3, -0.25) is 4.79 Å². The van der Waals surface area contributed by atoms with E-state index in [1.807, 2.05) is 0 Å². The largest absolute Gasteiger partial charge is 0.463 e. The van der Waals surface area contributed by atoms with Gasteiger partial charge in [0.1, 0.15) is 31.0 Å². The lowest BCUT2D eigenvalue weighted by molar-refractivity contribution is -0.287. The van der Waals surface area contributed by atoms with Crippen molar-refractivity contribution in [3.8, 4) is 0 Å². The van der Waals surface area contributed by atoms with Gasteiger partial charge < -0.3 is 29.9 Å². The van der Waals surface area contributed by atoms with E-state index >= 15 is 0 Å². The standard InChI is InChI=1S/C22H42O7/c1-2-3-4-5-6-7-8-9-10-11-12-13-14-15-18(23)28-16-17-19(24)20(25)21(26)22(27)29-17/h17,19-22,24-27H,2-16H2,1H3/t17-,19-,20+,21-,22?/m1/s1/i14D/t14?,17-,19-,20+,21-,22?. The molecule has 1 aliphatic rings. The highest BCUT2D eigenvalue weighted by atomic mass is 16.6. The van der Waals surface area contributed by atoms with Gasteiger partial charge in [0.2, 0.25) is 0 Å². The molecule has 1 aliphatic heterocycles. The maximum absolute atomic E-state index is 11.9. The fourth-order valence-corrected chi connectivity index (χ4v) is 3.48. The number of hydrogen-bond acceptors (Lipinski definition) is 7. The minimum Gasteiger partial charge on any atom is -0.463 e. The molecule has 0 aromatic rings. The summed E-state index contributed by atoms with van der Waals surface area (Å²) in [5, 5.41) is 38.3. The van der Waals surface area contributed by atoms with E-state index < -0.39 is 43.1 Å². The van der Waals surface area contributed by atoms with Gasteiger partial charge in [0.15, 0.2) is 6.29 Å². The Balaban J connectivity index is 2.02. The van der Waals surface area contributed by atoms with Crippen LogP contribution in [0.1, 0.15) is 98.2 Å². The number of carbonyl (C=O) groups excluding carboxylic acids is 1. The van der Waals surface area contributed by atoms with Crippen LogP contribution in [-0.2, 0) is 14.3 Å². The summed E-state index contributed by atoms with van der Waals surface area (Å²) in [5.41, 5.74) is 0. The predicted octanol–water partition coefficient (Wildman–Crippen LogP) is 2.81. The molecule has 0 aliphatic carbocycles. The smallest absolute Gasteiger partial charge is 0.305 e. The van der Waals surface area contributed by atoms with Gasteiger partial charge in [-0.1, -0.05) is 84.0 Å². The second-order valence-corrected chi connectivity index (χ2v) is 8.04. The van der Waals surface area contributed by atoms with E-state index in [0.29, 0.717) is 6.42 Å². The van der Waals surface area contributed by atoms with Crippen molar-refractivity contribution in [2.75, 3.05) is 6.61 Å². The van der Waals surface area contributed by atoms with E-state index in [0.717, 1.165) is 12.8 Å².